The van der Waals surface area contributed by atoms with Crippen molar-refractivity contribution in [2.24, 2.45) is 22.2 Å². The van der Waals surface area contributed by atoms with Gasteiger partial charge in [-0.15, -0.1) is 0 Å². The molecule has 21 nitrogen and oxygen atoms in total. The molecule has 21 heteroatoms. The summed E-state index contributed by atoms with van der Waals surface area (Å²) in [6.07, 6.45) is -6.95. The minimum Gasteiger partial charge on any atom is -0.508 e. The van der Waals surface area contributed by atoms with E-state index < -0.39 is 97.3 Å². The van der Waals surface area contributed by atoms with Crippen LogP contribution in [0.5, 0.6) is 11.5 Å². The molecule has 0 aliphatic carbocycles. The predicted molar refractivity (Wildman–Crippen MR) is 231 cm³/mol. The molecular weight excluding hydrogens is 835 g/mol. The van der Waals surface area contributed by atoms with Gasteiger partial charge in [0, 0.05) is 42.9 Å². The van der Waals surface area contributed by atoms with Crippen molar-refractivity contribution in [2.75, 3.05) is 13.2 Å². The molecule has 4 aromatic rings. The average Bonchev–Trinajstić information content (AvgIpc) is 3.67. The number of amides is 5. The third-order valence-electron chi connectivity index (χ3n) is 10.8. The number of para-hydroxylation sites is 1. The maximum absolute atomic E-state index is 14.5. The Bertz CT molecular complexity index is 2250. The Morgan fingerprint density at radius 3 is 1.80 bits per heavy atom. The number of H-pyrrole nitrogens is 1. The number of guanidine groups is 1. The molecular formula is C43H55N9O12. The van der Waals surface area contributed by atoms with Gasteiger partial charge in [0.2, 0.25) is 29.5 Å². The van der Waals surface area contributed by atoms with Crippen LogP contribution >= 0.6 is 0 Å². The molecule has 1 fully saturated rings. The zero-order chi connectivity index (χ0) is 46.5. The van der Waals surface area contributed by atoms with Crippen molar-refractivity contribution in [1.82, 2.24) is 26.3 Å². The van der Waals surface area contributed by atoms with Gasteiger partial charge in [0.1, 0.15) is 60.1 Å². The highest BCUT2D eigenvalue weighted by molar-refractivity contribution is 5.96. The number of aliphatic imine (C=N–C) groups is 1. The second-order valence-corrected chi connectivity index (χ2v) is 15.5. The van der Waals surface area contributed by atoms with Crippen molar-refractivity contribution in [3.63, 3.8) is 0 Å². The van der Waals surface area contributed by atoms with E-state index in [0.29, 0.717) is 16.7 Å². The summed E-state index contributed by atoms with van der Waals surface area (Å²) >= 11 is 0. The van der Waals surface area contributed by atoms with Gasteiger partial charge in [-0.05, 0) is 59.9 Å². The minimum atomic E-state index is -1.75. The van der Waals surface area contributed by atoms with Gasteiger partial charge in [-0.2, -0.15) is 0 Å². The van der Waals surface area contributed by atoms with Gasteiger partial charge in [0.15, 0.2) is 5.96 Å². The first kappa shape index (κ1) is 48.3. The van der Waals surface area contributed by atoms with Crippen molar-refractivity contribution in [3.05, 3.63) is 95.7 Å². The lowest BCUT2D eigenvalue weighted by Gasteiger charge is -2.40. The standard InChI is InChI=1S/C43H55N9O12/c44-39(60)30(16-22-7-11-25(54)12-8-22)51-40(61)29(6-3-15-47-43(45)46)50-42(63)32(18-24-20-48-28-5-2-1-4-27(24)28)52-41(62)31(17-23-9-13-26(55)14-10-23)49-35(56)19-33-36(57)38(59)37(58)34(21-53)64-33/h1-2,4-5,7-14,20,29-34,36-38,48,53-55,57-59H,3,6,15-19,21H2,(H2,44,60)(H,49,56)(H,50,63)(H,51,61)(H,52,62)(H4,45,46,47)/t29-,30-,31-,32-,33+,34+,36-,37-,38+/m0/s1. The predicted octanol–water partition coefficient (Wildman–Crippen LogP) is -2.68. The van der Waals surface area contributed by atoms with E-state index in [1.54, 1.807) is 24.4 Å². The minimum absolute atomic E-state index is 0.0108. The third-order valence-corrected chi connectivity index (χ3v) is 10.8. The van der Waals surface area contributed by atoms with Crippen molar-refractivity contribution >= 4 is 46.4 Å². The van der Waals surface area contributed by atoms with Gasteiger partial charge in [0.25, 0.3) is 0 Å². The van der Waals surface area contributed by atoms with Gasteiger partial charge >= 0.3 is 0 Å². The number of primary amides is 1. The number of fused-ring (bicyclic) bond motifs is 1. The number of benzene rings is 3. The third kappa shape index (κ3) is 13.4. The number of phenolic OH excluding ortho intramolecular Hbond substituents is 2. The van der Waals surface area contributed by atoms with Crippen molar-refractivity contribution < 1.29 is 59.3 Å². The van der Waals surface area contributed by atoms with Crippen LogP contribution in [0.4, 0.5) is 0 Å². The second kappa shape index (κ2) is 22.5. The molecule has 1 saturated heterocycles. The molecule has 17 N–H and O–H groups in total. The van der Waals surface area contributed by atoms with Gasteiger partial charge in [-0.1, -0.05) is 42.5 Å². The molecule has 0 unspecified atom stereocenters. The number of phenols is 2. The lowest BCUT2D eigenvalue weighted by molar-refractivity contribution is -0.229. The number of hydrogen-bond acceptors (Lipinski definition) is 13. The van der Waals surface area contributed by atoms with Crippen molar-refractivity contribution in [3.8, 4) is 11.5 Å². The molecule has 0 spiro atoms. The Kier molecular flexibility index (Phi) is 17.0. The Balaban J connectivity index is 1.42. The molecule has 3 aromatic carbocycles. The number of nitrogens with zero attached hydrogens (tertiary/aromatic N) is 1. The fraction of sp³-hybridized carbons (Fsp3) is 0.395. The first-order valence-corrected chi connectivity index (χ1v) is 20.5. The summed E-state index contributed by atoms with van der Waals surface area (Å²) in [5, 5.41) is 71.7. The molecule has 0 bridgehead atoms. The van der Waals surface area contributed by atoms with E-state index in [4.69, 9.17) is 21.9 Å². The summed E-state index contributed by atoms with van der Waals surface area (Å²) in [7, 11) is 0. The van der Waals surface area contributed by atoms with Crippen LogP contribution < -0.4 is 38.5 Å². The average molecular weight is 890 g/mol. The Morgan fingerprint density at radius 2 is 1.20 bits per heavy atom. The van der Waals surface area contributed by atoms with Gasteiger partial charge in [-0.25, -0.2) is 0 Å². The number of aromatic nitrogens is 1. The highest BCUT2D eigenvalue weighted by Crippen LogP contribution is 2.24. The van der Waals surface area contributed by atoms with Gasteiger partial charge < -0.3 is 78.8 Å². The monoisotopic (exact) mass is 889 g/mol. The zero-order valence-corrected chi connectivity index (χ0v) is 34.7. The molecule has 1 aromatic heterocycles. The number of carbonyl (C=O) groups is 5. The fourth-order valence-electron chi connectivity index (χ4n) is 7.27. The van der Waals surface area contributed by atoms with Crippen LogP contribution in [0.25, 0.3) is 10.9 Å². The van der Waals surface area contributed by atoms with E-state index in [2.05, 4.69) is 31.2 Å². The first-order valence-electron chi connectivity index (χ1n) is 20.5. The SMILES string of the molecule is NC(=O)[C@H](Cc1ccc(O)cc1)NC(=O)[C@H](CCCN=C(N)N)NC(=O)[C@H](Cc1c[nH]c2ccccc12)NC(=O)[C@H](Cc1ccc(O)cc1)NC(=O)C[C@H]1O[C@H](CO)[C@H](O)[C@H](O)[C@H]1O. The maximum Gasteiger partial charge on any atom is 0.243 e. The van der Waals surface area contributed by atoms with Gasteiger partial charge in [0.05, 0.1) is 19.1 Å². The molecule has 2 heterocycles. The fourth-order valence-corrected chi connectivity index (χ4v) is 7.27. The number of ether oxygens (including phenoxy) is 1. The Hall–Kier alpha value is -6.78. The quantitative estimate of drug-likeness (QED) is 0.0230. The Morgan fingerprint density at radius 1 is 0.672 bits per heavy atom. The molecule has 0 radical (unpaired) electrons. The summed E-state index contributed by atoms with van der Waals surface area (Å²) in [6.45, 7) is -0.648. The Labute approximate surface area is 367 Å². The summed E-state index contributed by atoms with van der Waals surface area (Å²) < 4.78 is 5.50. The molecule has 64 heavy (non-hydrogen) atoms. The van der Waals surface area contributed by atoms with E-state index in [1.165, 1.54) is 36.4 Å². The largest absolute Gasteiger partial charge is 0.508 e. The molecule has 5 rings (SSSR count). The molecule has 344 valence electrons. The number of hydrogen-bond donors (Lipinski definition) is 14. The van der Waals surface area contributed by atoms with Crippen molar-refractivity contribution in [2.45, 2.75) is 93.2 Å². The number of nitrogens with one attached hydrogen (secondary N) is 5. The van der Waals surface area contributed by atoms with Crippen LogP contribution in [0.2, 0.25) is 0 Å². The van der Waals surface area contributed by atoms with Gasteiger partial charge in [-0.3, -0.25) is 29.0 Å². The van der Waals surface area contributed by atoms with Crippen LogP contribution in [-0.4, -0.2) is 139 Å². The second-order valence-electron chi connectivity index (χ2n) is 15.5. The van der Waals surface area contributed by atoms with E-state index in [-0.39, 0.29) is 56.1 Å². The number of nitrogens with two attached hydrogens (primary N) is 3. The number of aliphatic hydroxyl groups excluding tert-OH is 4. The lowest BCUT2D eigenvalue weighted by Crippen LogP contribution is -2.60. The summed E-state index contributed by atoms with van der Waals surface area (Å²) in [5.74, 6) is -4.45. The highest BCUT2D eigenvalue weighted by Gasteiger charge is 2.44. The smallest absolute Gasteiger partial charge is 0.243 e. The van der Waals surface area contributed by atoms with E-state index in [9.17, 15) is 54.6 Å². The molecule has 9 atom stereocenters. The summed E-state index contributed by atoms with van der Waals surface area (Å²) in [5.41, 5.74) is 19.0. The topological polar surface area (TPSA) is 370 Å². The number of aromatic hydroxyl groups is 2. The van der Waals surface area contributed by atoms with Crippen LogP contribution in [-0.2, 0) is 48.0 Å². The maximum atomic E-state index is 14.5. The lowest BCUT2D eigenvalue weighted by atomic mass is 9.93. The van der Waals surface area contributed by atoms with E-state index >= 15 is 0 Å². The van der Waals surface area contributed by atoms with Crippen LogP contribution in [0.3, 0.4) is 0 Å². The molecule has 1 aliphatic heterocycles. The number of aliphatic hydroxyl groups is 4. The molecule has 5 amide bonds. The van der Waals surface area contributed by atoms with E-state index in [1.807, 2.05) is 18.2 Å². The number of rotatable bonds is 21. The number of aromatic amines is 1. The molecule has 1 aliphatic rings. The first-order chi connectivity index (χ1) is 30.5. The normalized spacial score (nSPS) is 20.2. The number of carbonyl (C=O) groups excluding carboxylic acids is 5. The summed E-state index contributed by atoms with van der Waals surface area (Å²) in [6, 6.07) is 13.5. The van der Waals surface area contributed by atoms with Crippen molar-refractivity contribution in [1.29, 1.82) is 0 Å². The van der Waals surface area contributed by atoms with Crippen LogP contribution in [0.15, 0.2) is 84.0 Å². The van der Waals surface area contributed by atoms with Crippen LogP contribution in [0.1, 0.15) is 36.0 Å². The highest BCUT2D eigenvalue weighted by atomic mass is 16.5. The molecule has 0 saturated carbocycles. The van der Waals surface area contributed by atoms with Crippen LogP contribution in [0, 0.1) is 0 Å². The summed E-state index contributed by atoms with van der Waals surface area (Å²) in [4.78, 5) is 76.0. The zero-order valence-electron chi connectivity index (χ0n) is 34.7. The van der Waals surface area contributed by atoms with E-state index in [0.717, 1.165) is 10.9 Å².